The Morgan fingerprint density at radius 3 is 2.93 bits per heavy atom. The molecule has 1 aromatic carbocycles. The first-order valence-corrected chi connectivity index (χ1v) is 9.58. The Morgan fingerprint density at radius 1 is 1.24 bits per heavy atom. The van der Waals surface area contributed by atoms with Gasteiger partial charge in [0.25, 0.3) is 0 Å². The standard InChI is InChI=1S/C20H24N6O3/c21-20(22)26-19-14-4-3-13(23-6-1-7-27)10-15(14)24-18(25-19)9-12-2-5-16-17(8-12)29-11-28-16/h2-5,8,15,27H,1,6-7,9-11H2,(H,24,25)(H4,21,22,26)/p+1. The van der Waals surface area contributed by atoms with Gasteiger partial charge in [0.2, 0.25) is 18.4 Å². The molecular formula is C20H25N6O3+. The lowest BCUT2D eigenvalue weighted by molar-refractivity contribution is -0.490. The highest BCUT2D eigenvalue weighted by Gasteiger charge is 2.30. The lowest BCUT2D eigenvalue weighted by Gasteiger charge is -2.24. The second kappa shape index (κ2) is 8.46. The molecule has 4 rings (SSSR count). The fraction of sp³-hybridized carbons (Fsp3) is 0.350. The summed E-state index contributed by atoms with van der Waals surface area (Å²) in [6.07, 6.45) is 5.91. The summed E-state index contributed by atoms with van der Waals surface area (Å²) in [5.74, 6) is 3.14. The van der Waals surface area contributed by atoms with E-state index in [1.165, 1.54) is 0 Å². The molecule has 0 bridgehead atoms. The summed E-state index contributed by atoms with van der Waals surface area (Å²) in [7, 11) is 0. The third kappa shape index (κ3) is 4.47. The summed E-state index contributed by atoms with van der Waals surface area (Å²) in [5.41, 5.74) is 14.3. The number of amidine groups is 1. The van der Waals surface area contributed by atoms with Crippen molar-refractivity contribution in [3.8, 4) is 11.5 Å². The SMILES string of the molecule is NC(N)=NC1=C2C=CC(=NCCCO)CC2N=C(Cc2ccc3c(c2)OCO3)[NH2+]1. The number of aliphatic imine (C=N–C) groups is 3. The van der Waals surface area contributed by atoms with E-state index in [0.717, 1.165) is 40.0 Å². The van der Waals surface area contributed by atoms with Gasteiger partial charge in [-0.25, -0.2) is 4.99 Å². The molecule has 1 atom stereocenters. The van der Waals surface area contributed by atoms with Gasteiger partial charge >= 0.3 is 0 Å². The van der Waals surface area contributed by atoms with Crippen molar-refractivity contribution < 1.29 is 19.9 Å². The molecule has 7 N–H and O–H groups in total. The molecule has 0 fully saturated rings. The molecule has 0 saturated heterocycles. The van der Waals surface area contributed by atoms with Gasteiger partial charge in [-0.1, -0.05) is 6.07 Å². The van der Waals surface area contributed by atoms with Crippen LogP contribution in [0.4, 0.5) is 0 Å². The number of nitrogens with zero attached hydrogens (tertiary/aromatic N) is 3. The molecule has 1 unspecified atom stereocenters. The molecule has 0 amide bonds. The van der Waals surface area contributed by atoms with Crippen LogP contribution in [0.15, 0.2) is 56.7 Å². The number of hydrogen-bond acceptors (Lipinski definition) is 6. The van der Waals surface area contributed by atoms with Crippen molar-refractivity contribution in [3.63, 3.8) is 0 Å². The average Bonchev–Trinajstić information content (AvgIpc) is 3.15. The minimum Gasteiger partial charge on any atom is -0.454 e. The maximum atomic E-state index is 8.96. The number of ether oxygens (including phenoxy) is 2. The number of rotatable bonds is 6. The van der Waals surface area contributed by atoms with Gasteiger partial charge in [-0.15, -0.1) is 0 Å². The van der Waals surface area contributed by atoms with Crippen molar-refractivity contribution in [2.45, 2.75) is 25.3 Å². The third-order valence-electron chi connectivity index (χ3n) is 4.84. The first-order valence-electron chi connectivity index (χ1n) is 9.58. The molecule has 0 aromatic heterocycles. The molecule has 2 aliphatic heterocycles. The quantitative estimate of drug-likeness (QED) is 0.292. The Balaban J connectivity index is 1.58. The van der Waals surface area contributed by atoms with Crippen LogP contribution >= 0.6 is 0 Å². The molecule has 2 heterocycles. The first-order chi connectivity index (χ1) is 14.1. The summed E-state index contributed by atoms with van der Waals surface area (Å²) in [6, 6.07) is 5.81. The Kier molecular flexibility index (Phi) is 5.59. The molecule has 1 aliphatic carbocycles. The number of guanidine groups is 1. The largest absolute Gasteiger partial charge is 0.454 e. The summed E-state index contributed by atoms with van der Waals surface area (Å²) < 4.78 is 10.8. The Labute approximate surface area is 168 Å². The molecule has 9 heteroatoms. The highest BCUT2D eigenvalue weighted by atomic mass is 16.7. The Hall–Kier alpha value is -3.17. The van der Waals surface area contributed by atoms with Crippen molar-refractivity contribution in [1.29, 1.82) is 0 Å². The predicted octanol–water partition coefficient (Wildman–Crippen LogP) is -0.430. The van der Waals surface area contributed by atoms with Crippen molar-refractivity contribution in [3.05, 3.63) is 47.3 Å². The Bertz CT molecular complexity index is 944. The molecule has 0 spiro atoms. The molecule has 152 valence electrons. The highest BCUT2D eigenvalue weighted by Crippen LogP contribution is 2.32. The number of hydrogen-bond donors (Lipinski definition) is 4. The van der Waals surface area contributed by atoms with Gasteiger partial charge in [0.15, 0.2) is 17.5 Å². The van der Waals surface area contributed by atoms with E-state index in [2.05, 4.69) is 9.98 Å². The summed E-state index contributed by atoms with van der Waals surface area (Å²) in [4.78, 5) is 13.8. The predicted molar refractivity (Wildman–Crippen MR) is 110 cm³/mol. The molecule has 0 radical (unpaired) electrons. The monoisotopic (exact) mass is 397 g/mol. The number of quaternary nitrogens is 1. The van der Waals surface area contributed by atoms with Crippen LogP contribution in [-0.2, 0) is 6.42 Å². The first kappa shape index (κ1) is 19.2. The maximum absolute atomic E-state index is 8.96. The average molecular weight is 397 g/mol. The number of nitrogens with two attached hydrogens (primary N) is 3. The van der Waals surface area contributed by atoms with Crippen molar-refractivity contribution in [1.82, 2.24) is 0 Å². The van der Waals surface area contributed by atoms with Crippen LogP contribution in [0.1, 0.15) is 18.4 Å². The zero-order valence-electron chi connectivity index (χ0n) is 16.0. The summed E-state index contributed by atoms with van der Waals surface area (Å²) >= 11 is 0. The number of aliphatic hydroxyl groups excluding tert-OH is 1. The van der Waals surface area contributed by atoms with Gasteiger partial charge in [-0.2, -0.15) is 4.99 Å². The smallest absolute Gasteiger partial charge is 0.239 e. The van der Waals surface area contributed by atoms with Crippen molar-refractivity contribution in [2.24, 2.45) is 26.4 Å². The van der Waals surface area contributed by atoms with E-state index in [0.29, 0.717) is 25.8 Å². The number of aliphatic hydroxyl groups is 1. The van der Waals surface area contributed by atoms with E-state index in [-0.39, 0.29) is 25.4 Å². The van der Waals surface area contributed by atoms with Gasteiger partial charge in [0.05, 0.1) is 18.0 Å². The fourth-order valence-corrected chi connectivity index (χ4v) is 3.53. The van der Waals surface area contributed by atoms with E-state index in [1.54, 1.807) is 0 Å². The van der Waals surface area contributed by atoms with Crippen LogP contribution in [0.5, 0.6) is 11.5 Å². The van der Waals surface area contributed by atoms with E-state index < -0.39 is 0 Å². The van der Waals surface area contributed by atoms with Gasteiger partial charge in [-0.3, -0.25) is 10.3 Å². The van der Waals surface area contributed by atoms with E-state index >= 15 is 0 Å². The van der Waals surface area contributed by atoms with Crippen LogP contribution < -0.4 is 26.3 Å². The fourth-order valence-electron chi connectivity index (χ4n) is 3.53. The van der Waals surface area contributed by atoms with Gasteiger partial charge < -0.3 is 26.0 Å². The van der Waals surface area contributed by atoms with Crippen LogP contribution in [0.2, 0.25) is 0 Å². The lowest BCUT2D eigenvalue weighted by Crippen LogP contribution is -2.88. The molecule has 29 heavy (non-hydrogen) atoms. The van der Waals surface area contributed by atoms with Crippen LogP contribution in [0.25, 0.3) is 0 Å². The zero-order chi connectivity index (χ0) is 20.2. The molecule has 1 aromatic rings. The molecule has 9 nitrogen and oxygen atoms in total. The van der Waals surface area contributed by atoms with Gasteiger partial charge in [-0.05, 0) is 36.3 Å². The van der Waals surface area contributed by atoms with Crippen molar-refractivity contribution in [2.75, 3.05) is 19.9 Å². The number of fused-ring (bicyclic) bond motifs is 2. The van der Waals surface area contributed by atoms with Crippen molar-refractivity contribution >= 4 is 17.5 Å². The third-order valence-corrected chi connectivity index (χ3v) is 4.84. The molecule has 3 aliphatic rings. The molecule has 0 saturated carbocycles. The highest BCUT2D eigenvalue weighted by molar-refractivity contribution is 5.98. The Morgan fingerprint density at radius 2 is 2.10 bits per heavy atom. The lowest BCUT2D eigenvalue weighted by atomic mass is 9.93. The van der Waals surface area contributed by atoms with Crippen LogP contribution in [0.3, 0.4) is 0 Å². The van der Waals surface area contributed by atoms with Crippen LogP contribution in [-0.4, -0.2) is 48.6 Å². The normalized spacial score (nSPS) is 21.2. The second-order valence-electron chi connectivity index (χ2n) is 7.01. The number of benzene rings is 1. The minimum atomic E-state index is -0.0833. The molecular weight excluding hydrogens is 372 g/mol. The van der Waals surface area contributed by atoms with E-state index in [1.807, 2.05) is 35.7 Å². The van der Waals surface area contributed by atoms with Gasteiger partial charge in [0.1, 0.15) is 0 Å². The summed E-state index contributed by atoms with van der Waals surface area (Å²) in [5, 5.41) is 10.9. The minimum absolute atomic E-state index is 0.0163. The van der Waals surface area contributed by atoms with Gasteiger partial charge in [0, 0.05) is 25.3 Å². The van der Waals surface area contributed by atoms with E-state index in [9.17, 15) is 0 Å². The second-order valence-corrected chi connectivity index (χ2v) is 7.01. The maximum Gasteiger partial charge on any atom is 0.239 e. The zero-order valence-corrected chi connectivity index (χ0v) is 16.0. The summed E-state index contributed by atoms with van der Waals surface area (Å²) in [6.45, 7) is 0.985. The number of allylic oxidation sites excluding steroid dienone is 1. The van der Waals surface area contributed by atoms with E-state index in [4.69, 9.17) is 31.0 Å². The topological polar surface area (TPSA) is 144 Å². The van der Waals surface area contributed by atoms with Crippen LogP contribution in [0, 0.1) is 0 Å².